The summed E-state index contributed by atoms with van der Waals surface area (Å²) in [7, 11) is 0. The van der Waals surface area contributed by atoms with Gasteiger partial charge in [0.15, 0.2) is 0 Å². The fourth-order valence-corrected chi connectivity index (χ4v) is 1.95. The highest BCUT2D eigenvalue weighted by atomic mass is 19.1. The summed E-state index contributed by atoms with van der Waals surface area (Å²) >= 11 is 0. The molecule has 0 aliphatic carbocycles. The second-order valence-corrected chi connectivity index (χ2v) is 4.36. The van der Waals surface area contributed by atoms with Crippen molar-refractivity contribution >= 4 is 0 Å². The van der Waals surface area contributed by atoms with Gasteiger partial charge in [-0.2, -0.15) is 0 Å². The fourth-order valence-electron chi connectivity index (χ4n) is 1.95. The third kappa shape index (κ3) is 3.81. The van der Waals surface area contributed by atoms with Gasteiger partial charge in [0.1, 0.15) is 11.6 Å². The van der Waals surface area contributed by atoms with Crippen molar-refractivity contribution in [1.29, 1.82) is 0 Å². The lowest BCUT2D eigenvalue weighted by atomic mass is 10.00. The van der Waals surface area contributed by atoms with Crippen molar-refractivity contribution in [2.75, 3.05) is 0 Å². The van der Waals surface area contributed by atoms with Crippen LogP contribution < -0.4 is 11.3 Å². The summed E-state index contributed by atoms with van der Waals surface area (Å²) in [6.07, 6.45) is 4.43. The molecule has 0 bridgehead atoms. The van der Waals surface area contributed by atoms with Gasteiger partial charge in [0.2, 0.25) is 0 Å². The lowest BCUT2D eigenvalue weighted by molar-refractivity contribution is 0.502. The molecule has 0 aliphatic heterocycles. The summed E-state index contributed by atoms with van der Waals surface area (Å²) in [4.78, 5) is 3.93. The van der Waals surface area contributed by atoms with Gasteiger partial charge in [-0.1, -0.05) is 6.07 Å². The monoisotopic (exact) mass is 263 g/mol. The molecule has 0 amide bonds. The molecule has 2 aromatic rings. The summed E-state index contributed by atoms with van der Waals surface area (Å²) in [6.45, 7) is 0. The standard InChI is InChI=1S/C14H15F2N3/c15-12-2-1-11(14(16)9-12)8-13(19-17)7-10-3-5-18-6-4-10/h1-6,9,13,19H,7-8,17H2. The minimum atomic E-state index is -0.576. The highest BCUT2D eigenvalue weighted by Gasteiger charge is 2.12. The van der Waals surface area contributed by atoms with Crippen LogP contribution in [0.2, 0.25) is 0 Å². The van der Waals surface area contributed by atoms with E-state index in [1.165, 1.54) is 12.1 Å². The first-order valence-corrected chi connectivity index (χ1v) is 5.98. The van der Waals surface area contributed by atoms with Crippen molar-refractivity contribution in [2.24, 2.45) is 5.84 Å². The molecule has 1 aromatic carbocycles. The third-order valence-corrected chi connectivity index (χ3v) is 2.95. The summed E-state index contributed by atoms with van der Waals surface area (Å²) in [5.74, 6) is 4.36. The van der Waals surface area contributed by atoms with E-state index < -0.39 is 11.6 Å². The van der Waals surface area contributed by atoms with E-state index in [0.29, 0.717) is 18.4 Å². The molecule has 100 valence electrons. The number of benzene rings is 1. The Labute approximate surface area is 110 Å². The van der Waals surface area contributed by atoms with E-state index >= 15 is 0 Å². The third-order valence-electron chi connectivity index (χ3n) is 2.95. The molecule has 0 fully saturated rings. The molecule has 1 aromatic heterocycles. The second kappa shape index (κ2) is 6.36. The molecule has 3 N–H and O–H groups in total. The predicted octanol–water partition coefficient (Wildman–Crippen LogP) is 1.98. The van der Waals surface area contributed by atoms with Gasteiger partial charge in [-0.05, 0) is 42.2 Å². The van der Waals surface area contributed by atoms with Crippen molar-refractivity contribution in [2.45, 2.75) is 18.9 Å². The summed E-state index contributed by atoms with van der Waals surface area (Å²) in [5, 5.41) is 0. The number of aromatic nitrogens is 1. The minimum absolute atomic E-state index is 0.123. The first-order valence-electron chi connectivity index (χ1n) is 5.98. The van der Waals surface area contributed by atoms with Crippen LogP contribution in [0.15, 0.2) is 42.7 Å². The predicted molar refractivity (Wildman–Crippen MR) is 69.1 cm³/mol. The van der Waals surface area contributed by atoms with E-state index in [9.17, 15) is 8.78 Å². The Kier molecular flexibility index (Phi) is 4.54. The van der Waals surface area contributed by atoms with E-state index in [1.54, 1.807) is 12.4 Å². The highest BCUT2D eigenvalue weighted by Crippen LogP contribution is 2.13. The van der Waals surface area contributed by atoms with Gasteiger partial charge in [0.25, 0.3) is 0 Å². The fraction of sp³-hybridized carbons (Fsp3) is 0.214. The number of hydrogen-bond acceptors (Lipinski definition) is 3. The number of pyridine rings is 1. The second-order valence-electron chi connectivity index (χ2n) is 4.36. The van der Waals surface area contributed by atoms with Gasteiger partial charge in [-0.25, -0.2) is 8.78 Å². The first kappa shape index (κ1) is 13.6. The Hall–Kier alpha value is -1.85. The van der Waals surface area contributed by atoms with Gasteiger partial charge in [0, 0.05) is 24.5 Å². The zero-order chi connectivity index (χ0) is 13.7. The normalized spacial score (nSPS) is 12.4. The molecule has 5 heteroatoms. The maximum absolute atomic E-state index is 13.6. The highest BCUT2D eigenvalue weighted by molar-refractivity contribution is 5.21. The van der Waals surface area contributed by atoms with Crippen LogP contribution in [-0.2, 0) is 12.8 Å². The molecule has 0 radical (unpaired) electrons. The molecule has 1 unspecified atom stereocenters. The van der Waals surface area contributed by atoms with Crippen LogP contribution in [0.5, 0.6) is 0 Å². The molecule has 1 heterocycles. The number of rotatable bonds is 5. The van der Waals surface area contributed by atoms with Crippen molar-refractivity contribution in [1.82, 2.24) is 10.4 Å². The van der Waals surface area contributed by atoms with Gasteiger partial charge in [0.05, 0.1) is 0 Å². The molecule has 0 saturated carbocycles. The number of nitrogens with one attached hydrogen (secondary N) is 1. The summed E-state index contributed by atoms with van der Waals surface area (Å²) < 4.78 is 26.4. The molecular formula is C14H15F2N3. The van der Waals surface area contributed by atoms with Gasteiger partial charge >= 0.3 is 0 Å². The summed E-state index contributed by atoms with van der Waals surface area (Å²) in [6, 6.07) is 7.22. The zero-order valence-corrected chi connectivity index (χ0v) is 10.3. The zero-order valence-electron chi connectivity index (χ0n) is 10.3. The molecule has 0 saturated heterocycles. The lowest BCUT2D eigenvalue weighted by Gasteiger charge is -2.16. The van der Waals surface area contributed by atoms with Crippen LogP contribution in [0, 0.1) is 11.6 Å². The number of nitrogens with two attached hydrogens (primary N) is 1. The number of hydrazine groups is 1. The van der Waals surface area contributed by atoms with Crippen molar-refractivity contribution in [3.05, 3.63) is 65.5 Å². The Morgan fingerprint density at radius 1 is 1.11 bits per heavy atom. The van der Waals surface area contributed by atoms with Gasteiger partial charge in [-0.15, -0.1) is 0 Å². The van der Waals surface area contributed by atoms with E-state index in [-0.39, 0.29) is 6.04 Å². The molecule has 3 nitrogen and oxygen atoms in total. The molecule has 1 atom stereocenters. The SMILES string of the molecule is NNC(Cc1ccncc1)Cc1ccc(F)cc1F. The average Bonchev–Trinajstić information content (AvgIpc) is 2.42. The number of hydrogen-bond donors (Lipinski definition) is 2. The topological polar surface area (TPSA) is 50.9 Å². The Bertz CT molecular complexity index is 531. The largest absolute Gasteiger partial charge is 0.271 e. The van der Waals surface area contributed by atoms with Crippen molar-refractivity contribution < 1.29 is 8.78 Å². The van der Waals surface area contributed by atoms with E-state index in [2.05, 4.69) is 10.4 Å². The lowest BCUT2D eigenvalue weighted by Crippen LogP contribution is -2.38. The van der Waals surface area contributed by atoms with Crippen LogP contribution in [-0.4, -0.2) is 11.0 Å². The van der Waals surface area contributed by atoms with Crippen molar-refractivity contribution in [3.8, 4) is 0 Å². The molecule has 0 aliphatic rings. The number of nitrogens with zero attached hydrogens (tertiary/aromatic N) is 1. The van der Waals surface area contributed by atoms with E-state index in [1.807, 2.05) is 12.1 Å². The summed E-state index contributed by atoms with van der Waals surface area (Å²) in [5.41, 5.74) is 4.16. The maximum Gasteiger partial charge on any atom is 0.129 e. The molecule has 0 spiro atoms. The van der Waals surface area contributed by atoms with Crippen LogP contribution in [0.3, 0.4) is 0 Å². The van der Waals surface area contributed by atoms with Crippen molar-refractivity contribution in [3.63, 3.8) is 0 Å². The quantitative estimate of drug-likeness (QED) is 0.640. The van der Waals surface area contributed by atoms with Crippen LogP contribution >= 0.6 is 0 Å². The average molecular weight is 263 g/mol. The van der Waals surface area contributed by atoms with Gasteiger partial charge < -0.3 is 0 Å². The van der Waals surface area contributed by atoms with Crippen LogP contribution in [0.1, 0.15) is 11.1 Å². The minimum Gasteiger partial charge on any atom is -0.271 e. The van der Waals surface area contributed by atoms with E-state index in [0.717, 1.165) is 11.6 Å². The Morgan fingerprint density at radius 3 is 2.47 bits per heavy atom. The van der Waals surface area contributed by atoms with Crippen LogP contribution in [0.4, 0.5) is 8.78 Å². The Balaban J connectivity index is 2.06. The smallest absolute Gasteiger partial charge is 0.129 e. The molecule has 2 rings (SSSR count). The number of halogens is 2. The van der Waals surface area contributed by atoms with Gasteiger partial charge in [-0.3, -0.25) is 16.3 Å². The molecular weight excluding hydrogens is 248 g/mol. The van der Waals surface area contributed by atoms with Crippen LogP contribution in [0.25, 0.3) is 0 Å². The molecule has 19 heavy (non-hydrogen) atoms. The first-order chi connectivity index (χ1) is 9.19. The van der Waals surface area contributed by atoms with E-state index in [4.69, 9.17) is 5.84 Å². The maximum atomic E-state index is 13.6. The Morgan fingerprint density at radius 2 is 1.84 bits per heavy atom.